The molecule has 1 aromatic carbocycles. The van der Waals surface area contributed by atoms with E-state index in [9.17, 15) is 18.3 Å². The van der Waals surface area contributed by atoms with Crippen LogP contribution >= 0.6 is 11.3 Å². The Morgan fingerprint density at radius 2 is 1.84 bits per heavy atom. The van der Waals surface area contributed by atoms with Crippen LogP contribution in [0.4, 0.5) is 13.2 Å². The second kappa shape index (κ2) is 4.61. The molecular formula is C13H12F3NOS. The second-order valence-electron chi connectivity index (χ2n) is 4.41. The van der Waals surface area contributed by atoms with Crippen molar-refractivity contribution in [2.24, 2.45) is 0 Å². The molecule has 2 nitrogen and oxygen atoms in total. The topological polar surface area (TPSA) is 33.1 Å². The minimum Gasteiger partial charge on any atom is -0.380 e. The van der Waals surface area contributed by atoms with Gasteiger partial charge in [0, 0.05) is 6.20 Å². The molecule has 0 aliphatic heterocycles. The van der Waals surface area contributed by atoms with Gasteiger partial charge in [-0.05, 0) is 25.0 Å². The van der Waals surface area contributed by atoms with Crippen LogP contribution in [0.5, 0.6) is 0 Å². The number of benzene rings is 1. The van der Waals surface area contributed by atoms with Crippen molar-refractivity contribution in [1.29, 1.82) is 0 Å². The highest BCUT2D eigenvalue weighted by Gasteiger charge is 2.38. The molecule has 2 aromatic rings. The summed E-state index contributed by atoms with van der Waals surface area (Å²) in [7, 11) is 0. The fourth-order valence-corrected chi connectivity index (χ4v) is 2.73. The molecule has 0 saturated carbocycles. The van der Waals surface area contributed by atoms with Crippen molar-refractivity contribution < 1.29 is 18.3 Å². The Balaban J connectivity index is 2.46. The number of alkyl halides is 3. The van der Waals surface area contributed by atoms with Crippen LogP contribution in [0.1, 0.15) is 27.9 Å². The first-order valence-electron chi connectivity index (χ1n) is 5.55. The molecular weight excluding hydrogens is 275 g/mol. The van der Waals surface area contributed by atoms with Gasteiger partial charge in [-0.25, -0.2) is 4.98 Å². The lowest BCUT2D eigenvalue weighted by atomic mass is 9.91. The van der Waals surface area contributed by atoms with E-state index >= 15 is 0 Å². The summed E-state index contributed by atoms with van der Waals surface area (Å²) in [6, 6.07) is 7.04. The summed E-state index contributed by atoms with van der Waals surface area (Å²) >= 11 is 0.464. The lowest BCUT2D eigenvalue weighted by molar-refractivity contribution is -0.137. The van der Waals surface area contributed by atoms with E-state index in [1.54, 1.807) is 25.1 Å². The highest BCUT2D eigenvalue weighted by Crippen LogP contribution is 2.39. The third-order valence-corrected chi connectivity index (χ3v) is 4.15. The number of hydrogen-bond acceptors (Lipinski definition) is 3. The summed E-state index contributed by atoms with van der Waals surface area (Å²) in [6.45, 7) is 3.28. The molecule has 0 aliphatic rings. The standard InChI is InChI=1S/C13H12F3NOS/c1-8-5-3-4-6-9(8)12(2,18)10-7-17-11(19-10)13(14,15)16/h3-7,18H,1-2H3. The Morgan fingerprint density at radius 3 is 2.37 bits per heavy atom. The molecule has 0 spiro atoms. The molecule has 102 valence electrons. The van der Waals surface area contributed by atoms with Crippen LogP contribution in [0.15, 0.2) is 30.5 Å². The second-order valence-corrected chi connectivity index (χ2v) is 5.45. The average Bonchev–Trinajstić information content (AvgIpc) is 2.78. The van der Waals surface area contributed by atoms with Gasteiger partial charge in [-0.3, -0.25) is 0 Å². The Morgan fingerprint density at radius 1 is 1.21 bits per heavy atom. The SMILES string of the molecule is Cc1ccccc1C(C)(O)c1cnc(C(F)(F)F)s1. The van der Waals surface area contributed by atoms with Gasteiger partial charge >= 0.3 is 6.18 Å². The van der Waals surface area contributed by atoms with Crippen LogP contribution in [0.2, 0.25) is 0 Å². The van der Waals surface area contributed by atoms with Crippen molar-refractivity contribution in [3.05, 3.63) is 51.5 Å². The first-order chi connectivity index (χ1) is 8.73. The van der Waals surface area contributed by atoms with E-state index in [1.807, 2.05) is 6.07 Å². The molecule has 0 amide bonds. The maximum Gasteiger partial charge on any atom is 0.443 e. The number of nitrogens with zero attached hydrogens (tertiary/aromatic N) is 1. The molecule has 0 radical (unpaired) electrons. The van der Waals surface area contributed by atoms with Gasteiger partial charge in [-0.2, -0.15) is 13.2 Å². The molecule has 0 saturated heterocycles. The fraction of sp³-hybridized carbons (Fsp3) is 0.308. The van der Waals surface area contributed by atoms with Gasteiger partial charge in [0.15, 0.2) is 5.01 Å². The number of halogens is 3. The zero-order chi connectivity index (χ0) is 14.3. The minimum absolute atomic E-state index is 0.175. The molecule has 0 aliphatic carbocycles. The van der Waals surface area contributed by atoms with Crippen molar-refractivity contribution in [3.63, 3.8) is 0 Å². The van der Waals surface area contributed by atoms with Crippen molar-refractivity contribution in [2.45, 2.75) is 25.6 Å². The Hall–Kier alpha value is -1.40. The fourth-order valence-electron chi connectivity index (χ4n) is 1.88. The van der Waals surface area contributed by atoms with E-state index in [0.29, 0.717) is 16.9 Å². The summed E-state index contributed by atoms with van der Waals surface area (Å²) < 4.78 is 37.6. The third kappa shape index (κ3) is 2.64. The molecule has 1 N–H and O–H groups in total. The summed E-state index contributed by atoms with van der Waals surface area (Å²) in [5.41, 5.74) is -0.0891. The molecule has 1 atom stereocenters. The first kappa shape index (κ1) is 14.0. The summed E-state index contributed by atoms with van der Waals surface area (Å²) in [4.78, 5) is 3.52. The largest absolute Gasteiger partial charge is 0.443 e. The first-order valence-corrected chi connectivity index (χ1v) is 6.36. The molecule has 0 bridgehead atoms. The van der Waals surface area contributed by atoms with E-state index in [1.165, 1.54) is 6.92 Å². The Labute approximate surface area is 112 Å². The smallest absolute Gasteiger partial charge is 0.380 e. The highest BCUT2D eigenvalue weighted by molar-refractivity contribution is 7.11. The Bertz CT molecular complexity index is 590. The minimum atomic E-state index is -4.48. The van der Waals surface area contributed by atoms with Gasteiger partial charge in [0.05, 0.1) is 4.88 Å². The molecule has 6 heteroatoms. The maximum absolute atomic E-state index is 12.5. The lowest BCUT2D eigenvalue weighted by Gasteiger charge is -2.23. The Kier molecular flexibility index (Phi) is 3.40. The van der Waals surface area contributed by atoms with E-state index < -0.39 is 16.8 Å². The number of thiazole rings is 1. The van der Waals surface area contributed by atoms with Crippen molar-refractivity contribution >= 4 is 11.3 Å². The average molecular weight is 287 g/mol. The van der Waals surface area contributed by atoms with Gasteiger partial charge in [0.1, 0.15) is 5.60 Å². The maximum atomic E-state index is 12.5. The molecule has 1 aromatic heterocycles. The zero-order valence-electron chi connectivity index (χ0n) is 10.3. The predicted molar refractivity (Wildman–Crippen MR) is 67.0 cm³/mol. The lowest BCUT2D eigenvalue weighted by Crippen LogP contribution is -2.22. The highest BCUT2D eigenvalue weighted by atomic mass is 32.1. The molecule has 19 heavy (non-hydrogen) atoms. The number of aryl methyl sites for hydroxylation is 1. The molecule has 1 heterocycles. The van der Waals surface area contributed by atoms with Crippen LogP contribution < -0.4 is 0 Å². The van der Waals surface area contributed by atoms with Crippen LogP contribution in [0.3, 0.4) is 0 Å². The monoisotopic (exact) mass is 287 g/mol. The van der Waals surface area contributed by atoms with E-state index in [2.05, 4.69) is 4.98 Å². The van der Waals surface area contributed by atoms with Crippen LogP contribution in [0.25, 0.3) is 0 Å². The van der Waals surface area contributed by atoms with E-state index in [4.69, 9.17) is 0 Å². The van der Waals surface area contributed by atoms with Gasteiger partial charge < -0.3 is 5.11 Å². The molecule has 1 unspecified atom stereocenters. The van der Waals surface area contributed by atoms with E-state index in [-0.39, 0.29) is 4.88 Å². The van der Waals surface area contributed by atoms with Crippen LogP contribution in [-0.2, 0) is 11.8 Å². The van der Waals surface area contributed by atoms with Gasteiger partial charge in [-0.15, -0.1) is 11.3 Å². The number of rotatable bonds is 2. The summed E-state index contributed by atoms with van der Waals surface area (Å²) in [5, 5.41) is 9.57. The number of aromatic nitrogens is 1. The molecule has 2 rings (SSSR count). The number of hydrogen-bond donors (Lipinski definition) is 1. The van der Waals surface area contributed by atoms with Gasteiger partial charge in [0.2, 0.25) is 0 Å². The number of aliphatic hydroxyl groups is 1. The van der Waals surface area contributed by atoms with Crippen LogP contribution in [-0.4, -0.2) is 10.1 Å². The van der Waals surface area contributed by atoms with Crippen molar-refractivity contribution in [1.82, 2.24) is 4.98 Å². The van der Waals surface area contributed by atoms with E-state index in [0.717, 1.165) is 11.8 Å². The third-order valence-electron chi connectivity index (χ3n) is 2.90. The quantitative estimate of drug-likeness (QED) is 0.913. The van der Waals surface area contributed by atoms with Gasteiger partial charge in [0.25, 0.3) is 0 Å². The normalized spacial score (nSPS) is 15.3. The van der Waals surface area contributed by atoms with Gasteiger partial charge in [-0.1, -0.05) is 24.3 Å². The summed E-state index contributed by atoms with van der Waals surface area (Å²) in [5.74, 6) is 0. The zero-order valence-corrected chi connectivity index (χ0v) is 11.1. The van der Waals surface area contributed by atoms with Crippen LogP contribution in [0, 0.1) is 6.92 Å². The summed E-state index contributed by atoms with van der Waals surface area (Å²) in [6.07, 6.45) is -3.40. The predicted octanol–water partition coefficient (Wildman–Crippen LogP) is 3.73. The van der Waals surface area contributed by atoms with Crippen molar-refractivity contribution in [2.75, 3.05) is 0 Å². The van der Waals surface area contributed by atoms with Crippen molar-refractivity contribution in [3.8, 4) is 0 Å². The molecule has 0 fully saturated rings.